The van der Waals surface area contributed by atoms with Crippen molar-refractivity contribution in [2.45, 2.75) is 64.3 Å². The van der Waals surface area contributed by atoms with Gasteiger partial charge >= 0.3 is 5.97 Å². The van der Waals surface area contributed by atoms with Gasteiger partial charge in [0.15, 0.2) is 12.4 Å². The number of carbonyl (C=O) groups is 3. The monoisotopic (exact) mass is 473 g/mol. The molecule has 0 aliphatic heterocycles. The average Bonchev–Trinajstić information content (AvgIpc) is 2.86. The maximum atomic E-state index is 13.6. The first-order valence-corrected chi connectivity index (χ1v) is 13.1. The molecule has 5 heteroatoms. The third-order valence-electron chi connectivity index (χ3n) is 8.42. The van der Waals surface area contributed by atoms with E-state index < -0.39 is 12.0 Å². The first-order chi connectivity index (χ1) is 16.9. The summed E-state index contributed by atoms with van der Waals surface area (Å²) in [4.78, 5) is 39.4. The van der Waals surface area contributed by atoms with Gasteiger partial charge in [-0.15, -0.1) is 0 Å². The molecule has 4 bridgehead atoms. The summed E-state index contributed by atoms with van der Waals surface area (Å²) in [5, 5.41) is 3.08. The first kappa shape index (κ1) is 23.8. The molecule has 0 heterocycles. The van der Waals surface area contributed by atoms with Crippen LogP contribution in [0.15, 0.2) is 54.6 Å². The van der Waals surface area contributed by atoms with Gasteiger partial charge in [0.2, 0.25) is 5.91 Å². The van der Waals surface area contributed by atoms with Crippen LogP contribution >= 0.6 is 0 Å². The number of aryl methyl sites for hydroxylation is 1. The summed E-state index contributed by atoms with van der Waals surface area (Å²) in [5.41, 5.74) is 2.27. The highest BCUT2D eigenvalue weighted by Gasteiger charge is 2.55. The Morgan fingerprint density at radius 1 is 0.886 bits per heavy atom. The lowest BCUT2D eigenvalue weighted by atomic mass is 9.49. The van der Waals surface area contributed by atoms with Crippen molar-refractivity contribution in [1.82, 2.24) is 5.32 Å². The Kier molecular flexibility index (Phi) is 6.77. The van der Waals surface area contributed by atoms with E-state index in [2.05, 4.69) is 12.2 Å². The minimum atomic E-state index is -0.812. The average molecular weight is 474 g/mol. The second-order valence-electron chi connectivity index (χ2n) is 11.0. The number of ether oxygens (including phenoxy) is 1. The molecule has 2 aromatic carbocycles. The molecule has 1 atom stereocenters. The SMILES string of the molecule is CCc1ccc(C(=O)COC(=O)[C@@H](Cc2ccccc2)NC(=O)C23CC4CC(CC(C4)C2)C3)cc1. The first-order valence-electron chi connectivity index (χ1n) is 13.1. The molecule has 35 heavy (non-hydrogen) atoms. The lowest BCUT2D eigenvalue weighted by Crippen LogP contribution is -2.56. The molecular formula is C30H35NO4. The predicted molar refractivity (Wildman–Crippen MR) is 134 cm³/mol. The van der Waals surface area contributed by atoms with E-state index in [1.807, 2.05) is 42.5 Å². The van der Waals surface area contributed by atoms with Crippen molar-refractivity contribution in [3.8, 4) is 0 Å². The van der Waals surface area contributed by atoms with Gasteiger partial charge in [0.25, 0.3) is 0 Å². The Labute approximate surface area is 207 Å². The number of amides is 1. The molecular weight excluding hydrogens is 438 g/mol. The van der Waals surface area contributed by atoms with Gasteiger partial charge in [0.1, 0.15) is 6.04 Å². The van der Waals surface area contributed by atoms with Gasteiger partial charge in [-0.2, -0.15) is 0 Å². The molecule has 4 saturated carbocycles. The second kappa shape index (κ2) is 9.96. The van der Waals surface area contributed by atoms with Gasteiger partial charge in [-0.3, -0.25) is 9.59 Å². The van der Waals surface area contributed by atoms with Crippen molar-refractivity contribution in [1.29, 1.82) is 0 Å². The van der Waals surface area contributed by atoms with Crippen LogP contribution in [-0.2, 0) is 27.2 Å². The molecule has 0 aromatic heterocycles. The number of nitrogens with one attached hydrogen (secondary N) is 1. The van der Waals surface area contributed by atoms with Crippen molar-refractivity contribution in [2.75, 3.05) is 6.61 Å². The maximum Gasteiger partial charge on any atom is 0.329 e. The largest absolute Gasteiger partial charge is 0.456 e. The minimum absolute atomic E-state index is 0.00374. The van der Waals surface area contributed by atoms with Crippen molar-refractivity contribution in [3.63, 3.8) is 0 Å². The molecule has 4 fully saturated rings. The number of hydrogen-bond donors (Lipinski definition) is 1. The second-order valence-corrected chi connectivity index (χ2v) is 11.0. The summed E-state index contributed by atoms with van der Waals surface area (Å²) < 4.78 is 5.47. The lowest BCUT2D eigenvalue weighted by Gasteiger charge is -2.55. The Bertz CT molecular complexity index is 1040. The number of hydrogen-bond acceptors (Lipinski definition) is 4. The van der Waals surface area contributed by atoms with Gasteiger partial charge in [-0.05, 0) is 73.8 Å². The topological polar surface area (TPSA) is 72.5 Å². The van der Waals surface area contributed by atoms with Crippen LogP contribution in [0.4, 0.5) is 0 Å². The molecule has 0 saturated heterocycles. The fourth-order valence-electron chi connectivity index (χ4n) is 6.99. The van der Waals surface area contributed by atoms with Crippen LogP contribution in [0.2, 0.25) is 0 Å². The van der Waals surface area contributed by atoms with Crippen LogP contribution in [0.5, 0.6) is 0 Å². The zero-order chi connectivity index (χ0) is 24.4. The van der Waals surface area contributed by atoms with Crippen molar-refractivity contribution >= 4 is 17.7 Å². The van der Waals surface area contributed by atoms with E-state index in [1.165, 1.54) is 19.3 Å². The molecule has 0 radical (unpaired) electrons. The molecule has 1 N–H and O–H groups in total. The zero-order valence-corrected chi connectivity index (χ0v) is 20.5. The van der Waals surface area contributed by atoms with Gasteiger partial charge in [0.05, 0.1) is 0 Å². The van der Waals surface area contributed by atoms with E-state index in [0.717, 1.165) is 36.8 Å². The summed E-state index contributed by atoms with van der Waals surface area (Å²) in [6.07, 6.45) is 7.81. The predicted octanol–water partition coefficient (Wildman–Crippen LogP) is 4.92. The highest BCUT2D eigenvalue weighted by Crippen LogP contribution is 2.60. The van der Waals surface area contributed by atoms with E-state index >= 15 is 0 Å². The Morgan fingerprint density at radius 3 is 2.06 bits per heavy atom. The number of esters is 1. The highest BCUT2D eigenvalue weighted by molar-refractivity contribution is 5.98. The fourth-order valence-corrected chi connectivity index (χ4v) is 6.99. The van der Waals surface area contributed by atoms with Crippen molar-refractivity contribution < 1.29 is 19.1 Å². The number of rotatable bonds is 9. The van der Waals surface area contributed by atoms with Crippen LogP contribution in [0.3, 0.4) is 0 Å². The molecule has 4 aliphatic carbocycles. The van der Waals surface area contributed by atoms with Crippen LogP contribution in [0.1, 0.15) is 66.9 Å². The van der Waals surface area contributed by atoms with E-state index in [-0.39, 0.29) is 23.7 Å². The molecule has 4 aliphatic rings. The van der Waals surface area contributed by atoms with Crippen LogP contribution < -0.4 is 5.32 Å². The Hall–Kier alpha value is -2.95. The maximum absolute atomic E-state index is 13.6. The molecule has 2 aromatic rings. The summed E-state index contributed by atoms with van der Waals surface area (Å²) in [6.45, 7) is 1.73. The summed E-state index contributed by atoms with van der Waals surface area (Å²) >= 11 is 0. The van der Waals surface area contributed by atoms with Gasteiger partial charge in [-0.25, -0.2) is 4.79 Å². The standard InChI is InChI=1S/C30H35NO4/c1-2-20-8-10-25(11-9-20)27(32)19-35-28(33)26(15-21-6-4-3-5-7-21)31-29(34)30-16-22-12-23(17-30)14-24(13-22)18-30/h3-11,22-24,26H,2,12-19H2,1H3,(H,31,34)/t22?,23?,24?,26-,30?/m1/s1. The van der Waals surface area contributed by atoms with E-state index in [4.69, 9.17) is 4.74 Å². The quantitative estimate of drug-likeness (QED) is 0.415. The smallest absolute Gasteiger partial charge is 0.329 e. The fraction of sp³-hybridized carbons (Fsp3) is 0.500. The lowest BCUT2D eigenvalue weighted by molar-refractivity contribution is -0.153. The van der Waals surface area contributed by atoms with Gasteiger partial charge in [-0.1, -0.05) is 61.5 Å². The molecule has 5 nitrogen and oxygen atoms in total. The molecule has 0 unspecified atom stereocenters. The molecule has 0 spiro atoms. The summed E-state index contributed by atoms with van der Waals surface area (Å²) in [7, 11) is 0. The third-order valence-corrected chi connectivity index (χ3v) is 8.42. The minimum Gasteiger partial charge on any atom is -0.456 e. The normalized spacial score (nSPS) is 27.3. The van der Waals surface area contributed by atoms with Crippen LogP contribution in [0.25, 0.3) is 0 Å². The molecule has 1 amide bonds. The van der Waals surface area contributed by atoms with Crippen molar-refractivity contribution in [3.05, 3.63) is 71.3 Å². The molecule has 184 valence electrons. The van der Waals surface area contributed by atoms with Crippen molar-refractivity contribution in [2.24, 2.45) is 23.2 Å². The Balaban J connectivity index is 1.27. The van der Waals surface area contributed by atoms with E-state index in [0.29, 0.717) is 29.7 Å². The van der Waals surface area contributed by atoms with Crippen LogP contribution in [0, 0.1) is 23.2 Å². The Morgan fingerprint density at radius 2 is 1.49 bits per heavy atom. The summed E-state index contributed by atoms with van der Waals surface area (Å²) in [5.74, 6) is 1.13. The number of ketones is 1. The zero-order valence-electron chi connectivity index (χ0n) is 20.5. The third kappa shape index (κ3) is 5.19. The van der Waals surface area contributed by atoms with Crippen LogP contribution in [-0.4, -0.2) is 30.3 Å². The number of Topliss-reactive ketones (excluding diaryl/α,β-unsaturated/α-hetero) is 1. The number of carbonyl (C=O) groups excluding carboxylic acids is 3. The van der Waals surface area contributed by atoms with Gasteiger partial charge < -0.3 is 10.1 Å². The highest BCUT2D eigenvalue weighted by atomic mass is 16.5. The van der Waals surface area contributed by atoms with Gasteiger partial charge in [0, 0.05) is 17.4 Å². The van der Waals surface area contributed by atoms with E-state index in [9.17, 15) is 14.4 Å². The van der Waals surface area contributed by atoms with E-state index in [1.54, 1.807) is 12.1 Å². The summed E-state index contributed by atoms with van der Waals surface area (Å²) in [6, 6.07) is 16.2. The number of benzene rings is 2. The molecule has 6 rings (SSSR count).